The molecule has 4 N–H and O–H groups in total. The summed E-state index contributed by atoms with van der Waals surface area (Å²) in [7, 11) is -2.83. The van der Waals surface area contributed by atoms with Crippen LogP contribution in [0.25, 0.3) is 22.3 Å². The monoisotopic (exact) mass is 654 g/mol. The first-order chi connectivity index (χ1) is 22.4. The zero-order valence-corrected chi connectivity index (χ0v) is 26.6. The summed E-state index contributed by atoms with van der Waals surface area (Å²) in [6.45, 7) is 4.46. The van der Waals surface area contributed by atoms with Gasteiger partial charge in [-0.25, -0.2) is 9.97 Å². The number of rotatable bonds is 14. The molecule has 246 valence electrons. The second-order valence-corrected chi connectivity index (χ2v) is 13.8. The van der Waals surface area contributed by atoms with Gasteiger partial charge in [-0.3, -0.25) is 13.6 Å². The zero-order valence-electron chi connectivity index (χ0n) is 25.6. The van der Waals surface area contributed by atoms with Crippen molar-refractivity contribution in [3.05, 3.63) is 12.7 Å². The minimum absolute atomic E-state index is 0.160. The summed E-state index contributed by atoms with van der Waals surface area (Å²) in [4.78, 5) is 31.5. The Morgan fingerprint density at radius 1 is 0.674 bits per heavy atom. The second-order valence-electron chi connectivity index (χ2n) is 12.7. The fourth-order valence-electron chi connectivity index (χ4n) is 6.46. The highest BCUT2D eigenvalue weighted by Gasteiger charge is 2.46. The molecule has 2 saturated carbocycles. The molecular formula is C28H39N12O5P. The van der Waals surface area contributed by atoms with Crippen LogP contribution in [0, 0.1) is 0 Å². The maximum Gasteiger partial charge on any atom is 0.323 e. The molecule has 0 radical (unpaired) electrons. The molecule has 46 heavy (non-hydrogen) atoms. The molecule has 0 amide bonds. The number of nitrogens with two attached hydrogens (primary N) is 2. The van der Waals surface area contributed by atoms with E-state index in [9.17, 15) is 4.57 Å². The molecule has 2 saturated heterocycles. The van der Waals surface area contributed by atoms with Crippen LogP contribution in [-0.2, 0) is 36.2 Å². The molecule has 2 aliphatic carbocycles. The van der Waals surface area contributed by atoms with Crippen LogP contribution in [0.5, 0.6) is 0 Å². The topological polar surface area (TPSA) is 200 Å². The lowest BCUT2D eigenvalue weighted by Gasteiger charge is -2.19. The molecular weight excluding hydrogens is 615 g/mol. The SMILES string of the molecule is Nc1nc(N2CCCC2)c2ncn(CC3(OCO[PH](=O)OCOC4(Cn5cnc6c(N7CCCC7)nc(N)nc65)CC4)CC3)c2n1. The Labute approximate surface area is 265 Å². The average Bonchev–Trinajstić information content (AvgIpc) is 3.58. The molecule has 0 atom stereocenters. The lowest BCUT2D eigenvalue weighted by molar-refractivity contribution is -0.0808. The first-order valence-corrected chi connectivity index (χ1v) is 17.2. The van der Waals surface area contributed by atoms with Crippen molar-refractivity contribution in [2.45, 2.75) is 75.7 Å². The highest BCUT2D eigenvalue weighted by atomic mass is 31.1. The third-order valence-electron chi connectivity index (χ3n) is 9.35. The van der Waals surface area contributed by atoms with Crippen LogP contribution in [0.2, 0.25) is 0 Å². The predicted octanol–water partition coefficient (Wildman–Crippen LogP) is 2.47. The zero-order chi connectivity index (χ0) is 31.3. The van der Waals surface area contributed by atoms with Gasteiger partial charge in [0, 0.05) is 26.2 Å². The number of ether oxygens (including phenoxy) is 2. The number of imidazole rings is 2. The van der Waals surface area contributed by atoms with Gasteiger partial charge < -0.3 is 39.9 Å². The van der Waals surface area contributed by atoms with E-state index in [0.29, 0.717) is 24.4 Å². The van der Waals surface area contributed by atoms with Gasteiger partial charge in [0.2, 0.25) is 11.9 Å². The molecule has 2 aliphatic heterocycles. The highest BCUT2D eigenvalue weighted by Crippen LogP contribution is 2.44. The van der Waals surface area contributed by atoms with Crippen molar-refractivity contribution < 1.29 is 23.1 Å². The predicted molar refractivity (Wildman–Crippen MR) is 169 cm³/mol. The van der Waals surface area contributed by atoms with Crippen LogP contribution in [0.3, 0.4) is 0 Å². The molecule has 4 aromatic heterocycles. The van der Waals surface area contributed by atoms with E-state index in [0.717, 1.165) is 100 Å². The van der Waals surface area contributed by atoms with Crippen LogP contribution < -0.4 is 21.3 Å². The van der Waals surface area contributed by atoms with E-state index in [1.54, 1.807) is 12.7 Å². The third-order valence-corrected chi connectivity index (χ3v) is 10.1. The van der Waals surface area contributed by atoms with Gasteiger partial charge in [0.1, 0.15) is 0 Å². The lowest BCUT2D eigenvalue weighted by atomic mass is 10.3. The fourth-order valence-corrected chi connectivity index (χ4v) is 6.86. The van der Waals surface area contributed by atoms with Gasteiger partial charge in [-0.05, 0) is 51.4 Å². The maximum absolute atomic E-state index is 12.5. The average molecular weight is 655 g/mol. The van der Waals surface area contributed by atoms with Crippen molar-refractivity contribution in [2.24, 2.45) is 0 Å². The number of anilines is 4. The Hall–Kier alpha value is -3.63. The van der Waals surface area contributed by atoms with Gasteiger partial charge in [-0.1, -0.05) is 0 Å². The smallest absolute Gasteiger partial charge is 0.323 e. The molecule has 18 heteroatoms. The number of hydrogen-bond acceptors (Lipinski definition) is 15. The molecule has 4 fully saturated rings. The molecule has 4 aliphatic rings. The fraction of sp³-hybridized carbons (Fsp3) is 0.643. The van der Waals surface area contributed by atoms with Crippen molar-refractivity contribution in [2.75, 3.05) is 61.0 Å². The summed E-state index contributed by atoms with van der Waals surface area (Å²) in [5.41, 5.74) is 14.1. The Balaban J connectivity index is 0.822. The Morgan fingerprint density at radius 3 is 1.48 bits per heavy atom. The summed E-state index contributed by atoms with van der Waals surface area (Å²) in [6, 6.07) is 0. The van der Waals surface area contributed by atoms with Gasteiger partial charge in [-0.2, -0.15) is 19.9 Å². The van der Waals surface area contributed by atoms with Crippen molar-refractivity contribution in [1.29, 1.82) is 0 Å². The number of aromatic nitrogens is 8. The number of hydrogen-bond donors (Lipinski definition) is 2. The molecule has 0 spiro atoms. The van der Waals surface area contributed by atoms with Crippen LogP contribution in [0.15, 0.2) is 12.7 Å². The normalized spacial score (nSPS) is 20.1. The largest absolute Gasteiger partial charge is 0.368 e. The van der Waals surface area contributed by atoms with E-state index in [-0.39, 0.29) is 25.5 Å². The lowest BCUT2D eigenvalue weighted by Crippen LogP contribution is -2.24. The molecule has 0 unspecified atom stereocenters. The summed E-state index contributed by atoms with van der Waals surface area (Å²) in [6.07, 6.45) is 11.3. The van der Waals surface area contributed by atoms with Crippen molar-refractivity contribution in [3.63, 3.8) is 0 Å². The van der Waals surface area contributed by atoms with Gasteiger partial charge in [0.05, 0.1) is 36.9 Å². The molecule has 8 rings (SSSR count). The van der Waals surface area contributed by atoms with Crippen LogP contribution >= 0.6 is 8.25 Å². The molecule has 6 heterocycles. The third kappa shape index (κ3) is 5.97. The highest BCUT2D eigenvalue weighted by molar-refractivity contribution is 7.33. The van der Waals surface area contributed by atoms with E-state index < -0.39 is 19.5 Å². The summed E-state index contributed by atoms with van der Waals surface area (Å²) < 4.78 is 39.3. The van der Waals surface area contributed by atoms with E-state index in [2.05, 4.69) is 39.7 Å². The van der Waals surface area contributed by atoms with Crippen molar-refractivity contribution in [1.82, 2.24) is 39.0 Å². The van der Waals surface area contributed by atoms with Crippen LogP contribution in [0.1, 0.15) is 51.4 Å². The maximum atomic E-state index is 12.5. The number of nitrogens with zero attached hydrogens (tertiary/aromatic N) is 10. The first-order valence-electron chi connectivity index (χ1n) is 15.9. The second kappa shape index (κ2) is 11.9. The van der Waals surface area contributed by atoms with Crippen molar-refractivity contribution in [3.8, 4) is 0 Å². The number of nitrogen functional groups attached to an aromatic ring is 2. The van der Waals surface area contributed by atoms with Crippen LogP contribution in [-0.4, -0.2) is 90.0 Å². The minimum Gasteiger partial charge on any atom is -0.368 e. The molecule has 4 aromatic rings. The van der Waals surface area contributed by atoms with E-state index in [4.69, 9.17) is 30.0 Å². The van der Waals surface area contributed by atoms with Gasteiger partial charge in [-0.15, -0.1) is 0 Å². The van der Waals surface area contributed by atoms with E-state index >= 15 is 0 Å². The van der Waals surface area contributed by atoms with Gasteiger partial charge in [0.25, 0.3) is 0 Å². The first kappa shape index (κ1) is 29.8. The molecule has 0 bridgehead atoms. The standard InChI is InChI=1S/C28H39N12O5P/c29-25-33-21(37-9-1-2-10-37)19-23(35-25)39(15-31-19)13-27(5-6-27)42-17-44-46(41)45-18-43-28(7-8-28)14-40-16-32-20-22(38-11-3-4-12-38)34-26(30)36-24(20)40/h15-16,46H,1-14,17-18H2,(H2,29,33,35)(H2,30,34,36). The van der Waals surface area contributed by atoms with Crippen LogP contribution in [0.4, 0.5) is 23.5 Å². The van der Waals surface area contributed by atoms with Crippen molar-refractivity contribution >= 4 is 54.1 Å². The van der Waals surface area contributed by atoms with Gasteiger partial charge >= 0.3 is 8.25 Å². The van der Waals surface area contributed by atoms with E-state index in [1.807, 2.05) is 9.13 Å². The number of fused-ring (bicyclic) bond motifs is 2. The van der Waals surface area contributed by atoms with Gasteiger partial charge in [0.15, 0.2) is 47.5 Å². The molecule has 0 aromatic carbocycles. The minimum atomic E-state index is -2.83. The Morgan fingerprint density at radius 2 is 1.09 bits per heavy atom. The molecule has 17 nitrogen and oxygen atoms in total. The Kier molecular flexibility index (Phi) is 7.68. The summed E-state index contributed by atoms with van der Waals surface area (Å²) in [5.74, 6) is 2.00. The summed E-state index contributed by atoms with van der Waals surface area (Å²) in [5, 5.41) is 0. The Bertz CT molecular complexity index is 1630. The quantitative estimate of drug-likeness (QED) is 0.148. The summed E-state index contributed by atoms with van der Waals surface area (Å²) >= 11 is 0. The van der Waals surface area contributed by atoms with E-state index in [1.165, 1.54) is 0 Å².